The average Bonchev–Trinajstić information content (AvgIpc) is 3.48. The molecule has 0 spiro atoms. The zero-order chi connectivity index (χ0) is 22.1. The molecule has 1 amide bonds. The van der Waals surface area contributed by atoms with Crippen molar-refractivity contribution >= 4 is 22.6 Å². The molecule has 1 atom stereocenters. The van der Waals surface area contributed by atoms with Crippen LogP contribution in [0.25, 0.3) is 11.0 Å². The average molecular weight is 433 g/mol. The van der Waals surface area contributed by atoms with Gasteiger partial charge in [-0.3, -0.25) is 14.8 Å². The summed E-state index contributed by atoms with van der Waals surface area (Å²) in [5, 5.41) is 10.4. The highest BCUT2D eigenvalue weighted by Gasteiger charge is 2.30. The van der Waals surface area contributed by atoms with Crippen molar-refractivity contribution in [1.82, 2.24) is 30.0 Å². The SMILES string of the molecule is Cc1nc2ccc(NC(=O)CN3CCC[C@@H]3c3n[nH]c(Cc4ccc(F)cc4)n3)cc2[nH]1. The van der Waals surface area contributed by atoms with E-state index in [2.05, 4.69) is 35.4 Å². The minimum absolute atomic E-state index is 0.00305. The van der Waals surface area contributed by atoms with Gasteiger partial charge in [-0.2, -0.15) is 5.10 Å². The lowest BCUT2D eigenvalue weighted by Gasteiger charge is -2.21. The lowest BCUT2D eigenvalue weighted by Crippen LogP contribution is -2.33. The van der Waals surface area contributed by atoms with Crippen molar-refractivity contribution in [3.8, 4) is 0 Å². The molecule has 3 heterocycles. The number of nitrogens with one attached hydrogen (secondary N) is 3. The molecule has 4 aromatic rings. The summed E-state index contributed by atoms with van der Waals surface area (Å²) in [5.41, 5.74) is 3.47. The first-order chi connectivity index (χ1) is 15.5. The van der Waals surface area contributed by atoms with Crippen LogP contribution in [0.3, 0.4) is 0 Å². The van der Waals surface area contributed by atoms with E-state index in [4.69, 9.17) is 0 Å². The Bertz CT molecular complexity index is 1250. The zero-order valence-corrected chi connectivity index (χ0v) is 17.7. The van der Waals surface area contributed by atoms with Gasteiger partial charge in [-0.15, -0.1) is 0 Å². The molecule has 2 aromatic heterocycles. The van der Waals surface area contributed by atoms with Crippen molar-refractivity contribution in [2.45, 2.75) is 32.2 Å². The van der Waals surface area contributed by atoms with Gasteiger partial charge in [0.2, 0.25) is 5.91 Å². The van der Waals surface area contributed by atoms with Gasteiger partial charge < -0.3 is 10.3 Å². The number of aromatic amines is 2. The molecule has 2 aromatic carbocycles. The maximum atomic E-state index is 13.1. The number of halogens is 1. The lowest BCUT2D eigenvalue weighted by molar-refractivity contribution is -0.117. The highest BCUT2D eigenvalue weighted by Crippen LogP contribution is 2.29. The van der Waals surface area contributed by atoms with Crippen LogP contribution in [0, 0.1) is 12.7 Å². The van der Waals surface area contributed by atoms with Crippen molar-refractivity contribution in [3.05, 3.63) is 71.3 Å². The molecule has 1 aliphatic heterocycles. The van der Waals surface area contributed by atoms with Crippen LogP contribution in [-0.2, 0) is 11.2 Å². The Hall–Kier alpha value is -3.59. The molecule has 0 saturated carbocycles. The summed E-state index contributed by atoms with van der Waals surface area (Å²) in [6.07, 6.45) is 2.44. The van der Waals surface area contributed by atoms with Crippen molar-refractivity contribution in [2.24, 2.45) is 0 Å². The van der Waals surface area contributed by atoms with E-state index in [1.54, 1.807) is 12.1 Å². The third-order valence-electron chi connectivity index (χ3n) is 5.73. The predicted octanol–water partition coefficient (Wildman–Crippen LogP) is 3.49. The Balaban J connectivity index is 1.22. The summed E-state index contributed by atoms with van der Waals surface area (Å²) >= 11 is 0. The number of hydrogen-bond donors (Lipinski definition) is 3. The third kappa shape index (κ3) is 4.38. The van der Waals surface area contributed by atoms with Crippen LogP contribution in [0.1, 0.15) is 41.9 Å². The van der Waals surface area contributed by atoms with Gasteiger partial charge in [0.25, 0.3) is 0 Å². The van der Waals surface area contributed by atoms with Crippen LogP contribution >= 0.6 is 0 Å². The highest BCUT2D eigenvalue weighted by molar-refractivity contribution is 5.94. The van der Waals surface area contributed by atoms with Crippen molar-refractivity contribution in [2.75, 3.05) is 18.4 Å². The van der Waals surface area contributed by atoms with E-state index >= 15 is 0 Å². The lowest BCUT2D eigenvalue weighted by atomic mass is 10.1. The van der Waals surface area contributed by atoms with Crippen LogP contribution in [0.15, 0.2) is 42.5 Å². The monoisotopic (exact) mass is 433 g/mol. The van der Waals surface area contributed by atoms with E-state index in [0.29, 0.717) is 12.2 Å². The number of aryl methyl sites for hydroxylation is 1. The number of H-pyrrole nitrogens is 2. The number of aromatic nitrogens is 5. The highest BCUT2D eigenvalue weighted by atomic mass is 19.1. The second kappa shape index (κ2) is 8.51. The quantitative estimate of drug-likeness (QED) is 0.432. The number of anilines is 1. The van der Waals surface area contributed by atoms with Crippen molar-refractivity contribution in [3.63, 3.8) is 0 Å². The van der Waals surface area contributed by atoms with Crippen molar-refractivity contribution in [1.29, 1.82) is 0 Å². The third-order valence-corrected chi connectivity index (χ3v) is 5.73. The Morgan fingerprint density at radius 1 is 1.22 bits per heavy atom. The number of carbonyl (C=O) groups excluding carboxylic acids is 1. The smallest absolute Gasteiger partial charge is 0.238 e. The van der Waals surface area contributed by atoms with Gasteiger partial charge in [-0.25, -0.2) is 14.4 Å². The second-order valence-corrected chi connectivity index (χ2v) is 8.17. The van der Waals surface area contributed by atoms with Gasteiger partial charge in [-0.05, 0) is 62.2 Å². The summed E-state index contributed by atoms with van der Waals surface area (Å²) in [5.74, 6) is 1.93. The van der Waals surface area contributed by atoms with Crippen LogP contribution in [0.2, 0.25) is 0 Å². The van der Waals surface area contributed by atoms with Crippen LogP contribution in [-0.4, -0.2) is 49.0 Å². The molecule has 0 aliphatic carbocycles. The number of fused-ring (bicyclic) bond motifs is 1. The summed E-state index contributed by atoms with van der Waals surface area (Å²) in [6.45, 7) is 2.99. The summed E-state index contributed by atoms with van der Waals surface area (Å²) in [6, 6.07) is 12.0. The first kappa shape index (κ1) is 20.3. The van der Waals surface area contributed by atoms with E-state index in [0.717, 1.165) is 53.3 Å². The Labute approximate surface area is 184 Å². The standard InChI is InChI=1S/C23H24FN7O/c1-14-25-18-9-8-17(12-19(18)26-14)27-22(32)13-31-10-2-3-20(31)23-28-21(29-30-23)11-15-4-6-16(24)7-5-15/h4-9,12,20H,2-3,10-11,13H2,1H3,(H,25,26)(H,27,32)(H,28,29,30)/t20-/m1/s1. The Morgan fingerprint density at radius 2 is 2.06 bits per heavy atom. The first-order valence-electron chi connectivity index (χ1n) is 10.7. The maximum Gasteiger partial charge on any atom is 0.238 e. The number of hydrogen-bond acceptors (Lipinski definition) is 5. The minimum atomic E-state index is -0.258. The molecule has 5 rings (SSSR count). The van der Waals surface area contributed by atoms with Crippen LogP contribution in [0.4, 0.5) is 10.1 Å². The number of carbonyl (C=O) groups is 1. The van der Waals surface area contributed by atoms with E-state index < -0.39 is 0 Å². The fourth-order valence-corrected chi connectivity index (χ4v) is 4.24. The van der Waals surface area contributed by atoms with Crippen molar-refractivity contribution < 1.29 is 9.18 Å². The van der Waals surface area contributed by atoms with Gasteiger partial charge in [-0.1, -0.05) is 12.1 Å². The molecule has 32 heavy (non-hydrogen) atoms. The molecule has 9 heteroatoms. The van der Waals surface area contributed by atoms with E-state index in [9.17, 15) is 9.18 Å². The second-order valence-electron chi connectivity index (χ2n) is 8.17. The zero-order valence-electron chi connectivity index (χ0n) is 17.7. The Kier molecular flexibility index (Phi) is 5.40. The molecule has 3 N–H and O–H groups in total. The topological polar surface area (TPSA) is 103 Å². The van der Waals surface area contributed by atoms with Gasteiger partial charge in [0.05, 0.1) is 23.6 Å². The number of imidazole rings is 1. The van der Waals surface area contributed by atoms with Crippen LogP contribution in [0.5, 0.6) is 0 Å². The van der Waals surface area contributed by atoms with Gasteiger partial charge in [0.1, 0.15) is 17.5 Å². The fourth-order valence-electron chi connectivity index (χ4n) is 4.24. The molecule has 0 bridgehead atoms. The van der Waals surface area contributed by atoms with Crippen LogP contribution < -0.4 is 5.32 Å². The molecule has 0 radical (unpaired) electrons. The normalized spacial score (nSPS) is 16.6. The number of likely N-dealkylation sites (tertiary alicyclic amines) is 1. The molecular weight excluding hydrogens is 409 g/mol. The molecule has 164 valence electrons. The minimum Gasteiger partial charge on any atom is -0.342 e. The number of amides is 1. The molecule has 1 aliphatic rings. The maximum absolute atomic E-state index is 13.1. The molecule has 0 unspecified atom stereocenters. The van der Waals surface area contributed by atoms with E-state index in [1.165, 1.54) is 12.1 Å². The Morgan fingerprint density at radius 3 is 2.91 bits per heavy atom. The molecule has 1 saturated heterocycles. The summed E-state index contributed by atoms with van der Waals surface area (Å²) < 4.78 is 13.1. The van der Waals surface area contributed by atoms with E-state index in [-0.39, 0.29) is 24.3 Å². The molecular formula is C23H24FN7O. The van der Waals surface area contributed by atoms with Gasteiger partial charge in [0, 0.05) is 12.1 Å². The van der Waals surface area contributed by atoms with Gasteiger partial charge in [0.15, 0.2) is 5.82 Å². The predicted molar refractivity (Wildman–Crippen MR) is 119 cm³/mol. The molecule has 1 fully saturated rings. The van der Waals surface area contributed by atoms with Gasteiger partial charge >= 0.3 is 0 Å². The first-order valence-corrected chi connectivity index (χ1v) is 10.7. The number of benzene rings is 2. The summed E-state index contributed by atoms with van der Waals surface area (Å²) in [7, 11) is 0. The fraction of sp³-hybridized carbons (Fsp3) is 0.304. The largest absolute Gasteiger partial charge is 0.342 e. The summed E-state index contributed by atoms with van der Waals surface area (Å²) in [4.78, 5) is 27.0. The number of nitrogens with zero attached hydrogens (tertiary/aromatic N) is 4. The van der Waals surface area contributed by atoms with E-state index in [1.807, 2.05) is 25.1 Å². The number of rotatable bonds is 6. The molecule has 8 nitrogen and oxygen atoms in total.